The maximum Gasteiger partial charge on any atom is 0.123 e. The lowest BCUT2D eigenvalue weighted by Crippen LogP contribution is -2.18. The number of phenols is 1. The topological polar surface area (TPSA) is 45.2 Å². The van der Waals surface area contributed by atoms with Gasteiger partial charge >= 0.3 is 0 Å². The third kappa shape index (κ3) is 3.75. The molecule has 4 heteroatoms. The minimum atomic E-state index is -0.159. The van der Waals surface area contributed by atoms with E-state index in [-0.39, 0.29) is 10.8 Å². The summed E-state index contributed by atoms with van der Waals surface area (Å²) < 4.78 is 0. The van der Waals surface area contributed by atoms with Crippen LogP contribution in [0, 0.1) is 0 Å². The van der Waals surface area contributed by atoms with Crippen LogP contribution in [0.2, 0.25) is 0 Å². The highest BCUT2D eigenvalue weighted by molar-refractivity contribution is 7.09. The highest BCUT2D eigenvalue weighted by atomic mass is 32.1. The molecule has 0 bridgehead atoms. The Hall–Kier alpha value is -1.39. The van der Waals surface area contributed by atoms with Gasteiger partial charge in [0.1, 0.15) is 10.8 Å². The molecule has 0 aliphatic heterocycles. The van der Waals surface area contributed by atoms with E-state index in [1.165, 1.54) is 0 Å². The van der Waals surface area contributed by atoms with Crippen LogP contribution in [0.1, 0.15) is 57.7 Å². The predicted octanol–water partition coefficient (Wildman–Crippen LogP) is 4.83. The number of nitrogens with zero attached hydrogens (tertiary/aromatic N) is 1. The first kappa shape index (κ1) is 18.0. The standard InChI is InChI=1S/C19H28N2OS/c1-18(2,3)13-9-8-12(16(17(13)22)19(4,5)6)14-11-23-15(21-14)10-20-7/h8-9,11,20,22H,10H2,1-7H3. The highest BCUT2D eigenvalue weighted by Gasteiger charge is 2.29. The minimum Gasteiger partial charge on any atom is -0.507 e. The van der Waals surface area contributed by atoms with Crippen LogP contribution in [0.25, 0.3) is 11.3 Å². The summed E-state index contributed by atoms with van der Waals surface area (Å²) in [6, 6.07) is 4.15. The fraction of sp³-hybridized carbons (Fsp3) is 0.526. The van der Waals surface area contributed by atoms with Crippen molar-refractivity contribution in [2.75, 3.05) is 7.05 Å². The van der Waals surface area contributed by atoms with E-state index in [1.807, 2.05) is 13.1 Å². The molecular formula is C19H28N2OS. The molecule has 3 nitrogen and oxygen atoms in total. The zero-order valence-electron chi connectivity index (χ0n) is 15.2. The molecule has 1 heterocycles. The monoisotopic (exact) mass is 332 g/mol. The van der Waals surface area contributed by atoms with Gasteiger partial charge in [-0.25, -0.2) is 4.98 Å². The molecule has 2 N–H and O–H groups in total. The van der Waals surface area contributed by atoms with Crippen molar-refractivity contribution < 1.29 is 5.11 Å². The predicted molar refractivity (Wildman–Crippen MR) is 99.4 cm³/mol. The summed E-state index contributed by atoms with van der Waals surface area (Å²) in [5, 5.41) is 17.2. The molecule has 0 saturated heterocycles. The second kappa shape index (κ2) is 6.25. The van der Waals surface area contributed by atoms with Gasteiger partial charge in [0.25, 0.3) is 0 Å². The first-order valence-electron chi connectivity index (χ1n) is 8.02. The number of hydrogen-bond acceptors (Lipinski definition) is 4. The quantitative estimate of drug-likeness (QED) is 0.846. The van der Waals surface area contributed by atoms with E-state index in [9.17, 15) is 5.11 Å². The first-order valence-corrected chi connectivity index (χ1v) is 8.90. The second-order valence-electron chi connectivity index (χ2n) is 8.04. The number of nitrogens with one attached hydrogen (secondary N) is 1. The summed E-state index contributed by atoms with van der Waals surface area (Å²) in [5.41, 5.74) is 3.68. The SMILES string of the molecule is CNCc1nc(-c2ccc(C(C)(C)C)c(O)c2C(C)(C)C)cs1. The molecule has 0 amide bonds. The maximum absolute atomic E-state index is 11.0. The molecule has 0 aliphatic rings. The molecule has 1 aromatic heterocycles. The molecular weight excluding hydrogens is 304 g/mol. The number of hydrogen-bond donors (Lipinski definition) is 2. The summed E-state index contributed by atoms with van der Waals surface area (Å²) >= 11 is 1.65. The van der Waals surface area contributed by atoms with Crippen molar-refractivity contribution in [2.24, 2.45) is 0 Å². The van der Waals surface area contributed by atoms with Crippen molar-refractivity contribution in [2.45, 2.75) is 58.9 Å². The normalized spacial score (nSPS) is 12.7. The molecule has 0 saturated carbocycles. The Morgan fingerprint density at radius 2 is 1.74 bits per heavy atom. The van der Waals surface area contributed by atoms with E-state index in [4.69, 9.17) is 4.98 Å². The molecule has 0 spiro atoms. The number of aromatic nitrogens is 1. The Kier molecular flexibility index (Phi) is 4.88. The zero-order chi connectivity index (χ0) is 17.4. The Bertz CT molecular complexity index is 690. The lowest BCUT2D eigenvalue weighted by Gasteiger charge is -2.29. The molecule has 0 unspecified atom stereocenters. The molecule has 2 aromatic rings. The van der Waals surface area contributed by atoms with Crippen LogP contribution in [-0.2, 0) is 17.4 Å². The van der Waals surface area contributed by atoms with Crippen LogP contribution < -0.4 is 5.32 Å². The second-order valence-corrected chi connectivity index (χ2v) is 8.98. The summed E-state index contributed by atoms with van der Waals surface area (Å²) in [7, 11) is 1.92. The number of benzene rings is 1. The Balaban J connectivity index is 2.66. The Labute approximate surface area is 143 Å². The summed E-state index contributed by atoms with van der Waals surface area (Å²) in [6.07, 6.45) is 0. The van der Waals surface area contributed by atoms with E-state index >= 15 is 0 Å². The molecule has 2 rings (SSSR count). The van der Waals surface area contributed by atoms with Crippen molar-refractivity contribution in [1.82, 2.24) is 10.3 Å². The van der Waals surface area contributed by atoms with Gasteiger partial charge in [-0.2, -0.15) is 0 Å². The molecule has 0 aliphatic carbocycles. The van der Waals surface area contributed by atoms with Crippen molar-refractivity contribution >= 4 is 11.3 Å². The van der Waals surface area contributed by atoms with E-state index in [0.717, 1.165) is 33.9 Å². The third-order valence-corrected chi connectivity index (χ3v) is 4.74. The first-order chi connectivity index (χ1) is 10.6. The summed E-state index contributed by atoms with van der Waals surface area (Å²) in [5.74, 6) is 0.408. The minimum absolute atomic E-state index is 0.0953. The largest absolute Gasteiger partial charge is 0.507 e. The summed E-state index contributed by atoms with van der Waals surface area (Å²) in [4.78, 5) is 4.72. The van der Waals surface area contributed by atoms with Crippen molar-refractivity contribution in [3.8, 4) is 17.0 Å². The third-order valence-electron chi connectivity index (χ3n) is 3.89. The molecule has 0 fully saturated rings. The zero-order valence-corrected chi connectivity index (χ0v) is 16.1. The van der Waals surface area contributed by atoms with E-state index in [0.29, 0.717) is 5.75 Å². The van der Waals surface area contributed by atoms with Crippen LogP contribution in [-0.4, -0.2) is 17.1 Å². The summed E-state index contributed by atoms with van der Waals surface area (Å²) in [6.45, 7) is 13.6. The van der Waals surface area contributed by atoms with Crippen LogP contribution in [0.4, 0.5) is 0 Å². The number of aromatic hydroxyl groups is 1. The van der Waals surface area contributed by atoms with E-state index < -0.39 is 0 Å². The van der Waals surface area contributed by atoms with Crippen LogP contribution in [0.15, 0.2) is 17.5 Å². The fourth-order valence-electron chi connectivity index (χ4n) is 2.84. The van der Waals surface area contributed by atoms with Gasteiger partial charge in [0.15, 0.2) is 0 Å². The van der Waals surface area contributed by atoms with Gasteiger partial charge in [-0.15, -0.1) is 11.3 Å². The van der Waals surface area contributed by atoms with Crippen LogP contribution in [0.5, 0.6) is 5.75 Å². The number of phenolic OH excluding ortho intramolecular Hbond substituents is 1. The van der Waals surface area contributed by atoms with E-state index in [2.05, 4.69) is 58.3 Å². The van der Waals surface area contributed by atoms with Gasteiger partial charge < -0.3 is 10.4 Å². The molecule has 1 aromatic carbocycles. The van der Waals surface area contributed by atoms with Crippen molar-refractivity contribution in [3.05, 3.63) is 33.6 Å². The fourth-order valence-corrected chi connectivity index (χ4v) is 3.64. The van der Waals surface area contributed by atoms with E-state index in [1.54, 1.807) is 11.3 Å². The molecule has 0 radical (unpaired) electrons. The Morgan fingerprint density at radius 1 is 1.09 bits per heavy atom. The van der Waals surface area contributed by atoms with Gasteiger partial charge in [0.05, 0.1) is 5.69 Å². The maximum atomic E-state index is 11.0. The molecule has 0 atom stereocenters. The van der Waals surface area contributed by atoms with Gasteiger partial charge in [0, 0.05) is 23.1 Å². The van der Waals surface area contributed by atoms with Gasteiger partial charge in [0.2, 0.25) is 0 Å². The highest BCUT2D eigenvalue weighted by Crippen LogP contribution is 2.44. The smallest absolute Gasteiger partial charge is 0.123 e. The molecule has 23 heavy (non-hydrogen) atoms. The van der Waals surface area contributed by atoms with Gasteiger partial charge in [-0.1, -0.05) is 53.7 Å². The van der Waals surface area contributed by atoms with Gasteiger partial charge in [-0.05, 0) is 23.4 Å². The number of thiazole rings is 1. The lowest BCUT2D eigenvalue weighted by atomic mass is 9.77. The van der Waals surface area contributed by atoms with Crippen molar-refractivity contribution in [3.63, 3.8) is 0 Å². The average molecular weight is 333 g/mol. The average Bonchev–Trinajstić information content (AvgIpc) is 2.84. The van der Waals surface area contributed by atoms with Gasteiger partial charge in [-0.3, -0.25) is 0 Å². The van der Waals surface area contributed by atoms with Crippen molar-refractivity contribution in [1.29, 1.82) is 0 Å². The van der Waals surface area contributed by atoms with Crippen LogP contribution in [0.3, 0.4) is 0 Å². The number of rotatable bonds is 3. The lowest BCUT2D eigenvalue weighted by molar-refractivity contribution is 0.424. The Morgan fingerprint density at radius 3 is 2.26 bits per heavy atom. The van der Waals surface area contributed by atoms with Crippen LogP contribution >= 0.6 is 11.3 Å². The molecule has 126 valence electrons.